The zero-order valence-corrected chi connectivity index (χ0v) is 18.9. The summed E-state index contributed by atoms with van der Waals surface area (Å²) in [7, 11) is 1.28. The third-order valence-electron chi connectivity index (χ3n) is 5.28. The van der Waals surface area contributed by atoms with E-state index in [2.05, 4.69) is 10.1 Å². The first-order chi connectivity index (χ1) is 16.4. The van der Waals surface area contributed by atoms with Crippen LogP contribution in [0.3, 0.4) is 0 Å². The molecule has 0 aliphatic carbocycles. The first-order valence-corrected chi connectivity index (χ1v) is 10.7. The Morgan fingerprint density at radius 1 is 0.912 bits per heavy atom. The Hall–Kier alpha value is -4.17. The van der Waals surface area contributed by atoms with Crippen molar-refractivity contribution in [2.24, 2.45) is 0 Å². The average molecular weight is 478 g/mol. The number of halogens is 1. The lowest BCUT2D eigenvalue weighted by Gasteiger charge is -2.14. The van der Waals surface area contributed by atoms with Crippen molar-refractivity contribution in [3.05, 3.63) is 110 Å². The van der Waals surface area contributed by atoms with Crippen molar-refractivity contribution < 1.29 is 14.3 Å². The van der Waals surface area contributed by atoms with Crippen molar-refractivity contribution in [1.29, 1.82) is 0 Å². The van der Waals surface area contributed by atoms with E-state index in [9.17, 15) is 19.2 Å². The number of carbonyl (C=O) groups is 2. The standard InChI is InChI=1S/C25H20ClN3O5/c1-34-24(32)17-8-12-19(13-9-17)27-22(30)15-28-21-5-3-2-4-20(21)23(31)29(25(28)33)14-16-6-10-18(26)11-7-16/h2-13H,14-15H2,1H3,(H,27,30). The van der Waals surface area contributed by atoms with Crippen LogP contribution in [0, 0.1) is 0 Å². The van der Waals surface area contributed by atoms with Crippen LogP contribution in [0.15, 0.2) is 82.4 Å². The van der Waals surface area contributed by atoms with Gasteiger partial charge in [0, 0.05) is 10.7 Å². The van der Waals surface area contributed by atoms with Crippen LogP contribution in [0.25, 0.3) is 10.9 Å². The molecule has 1 amide bonds. The summed E-state index contributed by atoms with van der Waals surface area (Å²) in [5.74, 6) is -0.950. The molecular weight excluding hydrogens is 458 g/mol. The van der Waals surface area contributed by atoms with E-state index >= 15 is 0 Å². The summed E-state index contributed by atoms with van der Waals surface area (Å²) < 4.78 is 7.03. The summed E-state index contributed by atoms with van der Waals surface area (Å²) in [4.78, 5) is 50.7. The molecule has 1 heterocycles. The Labute approximate surface area is 199 Å². The number of nitrogens with zero attached hydrogens (tertiary/aromatic N) is 2. The van der Waals surface area contributed by atoms with Crippen LogP contribution in [0.2, 0.25) is 5.02 Å². The molecule has 1 aromatic heterocycles. The summed E-state index contributed by atoms with van der Waals surface area (Å²) in [5, 5.41) is 3.57. The van der Waals surface area contributed by atoms with E-state index in [4.69, 9.17) is 11.6 Å². The smallest absolute Gasteiger partial charge is 0.337 e. The third kappa shape index (κ3) is 4.77. The second kappa shape index (κ2) is 9.76. The molecular formula is C25H20ClN3O5. The van der Waals surface area contributed by atoms with Crippen molar-refractivity contribution in [1.82, 2.24) is 9.13 Å². The highest BCUT2D eigenvalue weighted by Gasteiger charge is 2.16. The fourth-order valence-corrected chi connectivity index (χ4v) is 3.71. The van der Waals surface area contributed by atoms with Gasteiger partial charge in [0.05, 0.1) is 30.1 Å². The predicted octanol–water partition coefficient (Wildman–Crippen LogP) is 3.29. The van der Waals surface area contributed by atoms with E-state index < -0.39 is 23.1 Å². The van der Waals surface area contributed by atoms with Gasteiger partial charge in [-0.05, 0) is 54.1 Å². The molecule has 1 N–H and O–H groups in total. The van der Waals surface area contributed by atoms with Gasteiger partial charge in [0.25, 0.3) is 5.56 Å². The van der Waals surface area contributed by atoms with E-state index in [1.54, 1.807) is 60.7 Å². The minimum atomic E-state index is -0.602. The average Bonchev–Trinajstić information content (AvgIpc) is 2.85. The fourth-order valence-electron chi connectivity index (χ4n) is 3.59. The van der Waals surface area contributed by atoms with Crippen LogP contribution in [0.1, 0.15) is 15.9 Å². The van der Waals surface area contributed by atoms with Gasteiger partial charge >= 0.3 is 11.7 Å². The van der Waals surface area contributed by atoms with E-state index in [0.717, 1.165) is 10.1 Å². The molecule has 4 rings (SSSR count). The Balaban J connectivity index is 1.67. The van der Waals surface area contributed by atoms with Crippen LogP contribution in [0.5, 0.6) is 0 Å². The molecule has 0 saturated heterocycles. The molecule has 0 atom stereocenters. The number of esters is 1. The highest BCUT2D eigenvalue weighted by molar-refractivity contribution is 6.30. The fraction of sp³-hybridized carbons (Fsp3) is 0.120. The van der Waals surface area contributed by atoms with Gasteiger partial charge < -0.3 is 10.1 Å². The largest absolute Gasteiger partial charge is 0.465 e. The van der Waals surface area contributed by atoms with E-state index in [1.165, 1.54) is 23.8 Å². The molecule has 0 unspecified atom stereocenters. The van der Waals surface area contributed by atoms with Gasteiger partial charge in [-0.25, -0.2) is 9.59 Å². The molecule has 172 valence electrons. The number of hydrogen-bond acceptors (Lipinski definition) is 5. The highest BCUT2D eigenvalue weighted by Crippen LogP contribution is 2.13. The van der Waals surface area contributed by atoms with E-state index in [0.29, 0.717) is 27.2 Å². The number of hydrogen-bond donors (Lipinski definition) is 1. The Morgan fingerprint density at radius 2 is 1.59 bits per heavy atom. The van der Waals surface area contributed by atoms with Gasteiger partial charge in [-0.1, -0.05) is 35.9 Å². The summed E-state index contributed by atoms with van der Waals surface area (Å²) >= 11 is 5.93. The number of nitrogens with one attached hydrogen (secondary N) is 1. The van der Waals surface area contributed by atoms with Crippen LogP contribution in [0.4, 0.5) is 5.69 Å². The maximum atomic E-state index is 13.3. The van der Waals surface area contributed by atoms with Gasteiger partial charge in [0.2, 0.25) is 5.91 Å². The zero-order chi connectivity index (χ0) is 24.2. The molecule has 0 aliphatic rings. The first kappa shape index (κ1) is 23.0. The summed E-state index contributed by atoms with van der Waals surface area (Å²) in [6, 6.07) is 19.7. The number of amides is 1. The molecule has 4 aromatic rings. The molecule has 34 heavy (non-hydrogen) atoms. The second-order valence-electron chi connectivity index (χ2n) is 7.52. The van der Waals surface area contributed by atoms with Gasteiger partial charge in [-0.15, -0.1) is 0 Å². The first-order valence-electron chi connectivity index (χ1n) is 10.3. The van der Waals surface area contributed by atoms with Crippen molar-refractivity contribution in [3.8, 4) is 0 Å². The lowest BCUT2D eigenvalue weighted by molar-refractivity contribution is -0.116. The number of fused-ring (bicyclic) bond motifs is 1. The number of para-hydroxylation sites is 1. The molecule has 0 fully saturated rings. The summed E-state index contributed by atoms with van der Waals surface area (Å²) in [5.41, 5.74) is 0.837. The molecule has 9 heteroatoms. The topological polar surface area (TPSA) is 99.4 Å². The lowest BCUT2D eigenvalue weighted by Crippen LogP contribution is -2.42. The van der Waals surface area contributed by atoms with E-state index in [1.807, 2.05) is 0 Å². The minimum Gasteiger partial charge on any atom is -0.465 e. The number of methoxy groups -OCH3 is 1. The Kier molecular flexibility index (Phi) is 6.60. The molecule has 3 aromatic carbocycles. The number of benzene rings is 3. The summed E-state index contributed by atoms with van der Waals surface area (Å²) in [6.45, 7) is -0.269. The number of rotatable bonds is 6. The third-order valence-corrected chi connectivity index (χ3v) is 5.53. The lowest BCUT2D eigenvalue weighted by atomic mass is 10.2. The van der Waals surface area contributed by atoms with Gasteiger partial charge in [-0.2, -0.15) is 0 Å². The molecule has 8 nitrogen and oxygen atoms in total. The van der Waals surface area contributed by atoms with Crippen molar-refractivity contribution in [2.75, 3.05) is 12.4 Å². The van der Waals surface area contributed by atoms with E-state index in [-0.39, 0.29) is 13.1 Å². The molecule has 0 bridgehead atoms. The predicted molar refractivity (Wildman–Crippen MR) is 129 cm³/mol. The Bertz CT molecular complexity index is 1490. The van der Waals surface area contributed by atoms with Crippen LogP contribution in [-0.4, -0.2) is 28.1 Å². The van der Waals surface area contributed by atoms with Gasteiger partial charge in [0.1, 0.15) is 6.54 Å². The molecule has 0 radical (unpaired) electrons. The van der Waals surface area contributed by atoms with Crippen molar-refractivity contribution in [3.63, 3.8) is 0 Å². The highest BCUT2D eigenvalue weighted by atomic mass is 35.5. The minimum absolute atomic E-state index is 0.0380. The van der Waals surface area contributed by atoms with Crippen molar-refractivity contribution in [2.45, 2.75) is 13.1 Å². The van der Waals surface area contributed by atoms with Gasteiger partial charge in [-0.3, -0.25) is 18.7 Å². The van der Waals surface area contributed by atoms with Gasteiger partial charge in [0.15, 0.2) is 0 Å². The Morgan fingerprint density at radius 3 is 2.26 bits per heavy atom. The van der Waals surface area contributed by atoms with Crippen LogP contribution >= 0.6 is 11.6 Å². The number of anilines is 1. The number of ether oxygens (including phenoxy) is 1. The van der Waals surface area contributed by atoms with Crippen LogP contribution < -0.4 is 16.6 Å². The molecule has 0 saturated carbocycles. The number of aromatic nitrogens is 2. The molecule has 0 spiro atoms. The quantitative estimate of drug-likeness (QED) is 0.430. The van der Waals surface area contributed by atoms with Crippen molar-refractivity contribution >= 4 is 40.1 Å². The zero-order valence-electron chi connectivity index (χ0n) is 18.2. The SMILES string of the molecule is COC(=O)c1ccc(NC(=O)Cn2c(=O)n(Cc3ccc(Cl)cc3)c(=O)c3ccccc32)cc1. The normalized spacial score (nSPS) is 10.8. The second-order valence-corrected chi connectivity index (χ2v) is 7.96. The van der Waals surface area contributed by atoms with Crippen LogP contribution in [-0.2, 0) is 22.6 Å². The number of carbonyl (C=O) groups excluding carboxylic acids is 2. The maximum absolute atomic E-state index is 13.3. The molecule has 0 aliphatic heterocycles. The monoisotopic (exact) mass is 477 g/mol. The maximum Gasteiger partial charge on any atom is 0.337 e. The summed E-state index contributed by atoms with van der Waals surface area (Å²) in [6.07, 6.45) is 0.